The molecule has 2 heterocycles. The minimum Gasteiger partial charge on any atom is -0.497 e. The zero-order chi connectivity index (χ0) is 29.9. The summed E-state index contributed by atoms with van der Waals surface area (Å²) in [7, 11) is 1.56. The summed E-state index contributed by atoms with van der Waals surface area (Å²) in [6.45, 7) is 4.31. The molecule has 3 aliphatic rings. The van der Waals surface area contributed by atoms with Crippen molar-refractivity contribution in [2.24, 2.45) is 5.41 Å². The van der Waals surface area contributed by atoms with Gasteiger partial charge in [0, 0.05) is 33.9 Å². The van der Waals surface area contributed by atoms with E-state index in [1.54, 1.807) is 55.6 Å². The molecule has 7 rings (SSSR count). The number of rotatable bonds is 6. The Bertz CT molecular complexity index is 1800. The van der Waals surface area contributed by atoms with Gasteiger partial charge in [0.15, 0.2) is 17.3 Å². The molecule has 1 saturated heterocycles. The lowest BCUT2D eigenvalue weighted by Gasteiger charge is -2.37. The van der Waals surface area contributed by atoms with Gasteiger partial charge in [0.2, 0.25) is 0 Å². The molecular weight excluding hydrogens is 538 g/mol. The largest absolute Gasteiger partial charge is 0.497 e. The number of para-hydroxylation sites is 1. The molecule has 0 radical (unpaired) electrons. The monoisotopic (exact) mass is 569 g/mol. The summed E-state index contributed by atoms with van der Waals surface area (Å²) in [5.74, 6) is -0.460. The van der Waals surface area contributed by atoms with Crippen molar-refractivity contribution in [1.82, 2.24) is 0 Å². The Morgan fingerprint density at radius 3 is 2.33 bits per heavy atom. The lowest BCUT2D eigenvalue weighted by Crippen LogP contribution is -2.48. The molecule has 6 heteroatoms. The van der Waals surface area contributed by atoms with Crippen molar-refractivity contribution in [3.63, 3.8) is 0 Å². The van der Waals surface area contributed by atoms with Gasteiger partial charge < -0.3 is 14.4 Å². The van der Waals surface area contributed by atoms with E-state index < -0.39 is 23.4 Å². The minimum absolute atomic E-state index is 0.199. The maximum Gasteiger partial charge on any atom is 0.186 e. The summed E-state index contributed by atoms with van der Waals surface area (Å²) >= 11 is 0. The Labute approximate surface area is 250 Å². The molecule has 0 amide bonds. The second-order valence-corrected chi connectivity index (χ2v) is 11.3. The van der Waals surface area contributed by atoms with Crippen LogP contribution >= 0.6 is 0 Å². The third kappa shape index (κ3) is 3.75. The summed E-state index contributed by atoms with van der Waals surface area (Å²) < 4.78 is 11.6. The van der Waals surface area contributed by atoms with Crippen LogP contribution in [-0.2, 0) is 0 Å². The highest BCUT2D eigenvalue weighted by Gasteiger charge is 2.72. The van der Waals surface area contributed by atoms with E-state index in [0.717, 1.165) is 16.8 Å². The predicted octanol–water partition coefficient (Wildman–Crippen LogP) is 6.72. The van der Waals surface area contributed by atoms with E-state index in [0.29, 0.717) is 40.4 Å². The zero-order valence-corrected chi connectivity index (χ0v) is 24.2. The van der Waals surface area contributed by atoms with Gasteiger partial charge in [0.1, 0.15) is 23.0 Å². The van der Waals surface area contributed by atoms with Crippen LogP contribution in [0.25, 0.3) is 6.08 Å². The molecule has 0 N–H and O–H groups in total. The van der Waals surface area contributed by atoms with E-state index in [9.17, 15) is 14.4 Å². The van der Waals surface area contributed by atoms with Crippen LogP contribution in [0.5, 0.6) is 11.5 Å². The number of aryl methyl sites for hydroxylation is 1. The second kappa shape index (κ2) is 10.1. The van der Waals surface area contributed by atoms with E-state index in [1.807, 2.05) is 67.3 Å². The third-order valence-corrected chi connectivity index (χ3v) is 9.14. The predicted molar refractivity (Wildman–Crippen MR) is 165 cm³/mol. The molecule has 1 spiro atoms. The van der Waals surface area contributed by atoms with Crippen LogP contribution < -0.4 is 14.4 Å². The van der Waals surface area contributed by atoms with Crippen molar-refractivity contribution in [1.29, 1.82) is 0 Å². The van der Waals surface area contributed by atoms with Gasteiger partial charge in [-0.1, -0.05) is 78.4 Å². The molecule has 1 fully saturated rings. The Balaban J connectivity index is 1.56. The molecule has 3 atom stereocenters. The average Bonchev–Trinajstić information content (AvgIpc) is 3.47. The molecule has 0 saturated carbocycles. The summed E-state index contributed by atoms with van der Waals surface area (Å²) in [4.78, 5) is 46.7. The number of carbonyl (C=O) groups is 3. The van der Waals surface area contributed by atoms with Gasteiger partial charge in [-0.15, -0.1) is 0 Å². The summed E-state index contributed by atoms with van der Waals surface area (Å²) in [6.07, 6.45) is 3.93. The molecule has 0 unspecified atom stereocenters. The molecule has 6 nitrogen and oxygen atoms in total. The molecule has 214 valence electrons. The fraction of sp³-hybridized carbons (Fsp3) is 0.216. The quantitative estimate of drug-likeness (QED) is 0.190. The van der Waals surface area contributed by atoms with Gasteiger partial charge in [-0.3, -0.25) is 14.4 Å². The molecule has 1 aliphatic carbocycles. The number of methoxy groups -OCH3 is 1. The van der Waals surface area contributed by atoms with Gasteiger partial charge >= 0.3 is 0 Å². The van der Waals surface area contributed by atoms with Crippen LogP contribution in [0.2, 0.25) is 0 Å². The van der Waals surface area contributed by atoms with Crippen molar-refractivity contribution >= 4 is 29.1 Å². The van der Waals surface area contributed by atoms with E-state index >= 15 is 0 Å². The number of Topliss-reactive ketones (excluding diaryl/α,β-unsaturated/α-hetero) is 3. The molecule has 2 aliphatic heterocycles. The van der Waals surface area contributed by atoms with Crippen LogP contribution in [-0.4, -0.2) is 43.2 Å². The van der Waals surface area contributed by atoms with E-state index in [1.165, 1.54) is 0 Å². The average molecular weight is 570 g/mol. The molecule has 4 aromatic rings. The molecule has 43 heavy (non-hydrogen) atoms. The van der Waals surface area contributed by atoms with Crippen LogP contribution in [0.3, 0.4) is 0 Å². The van der Waals surface area contributed by atoms with Gasteiger partial charge in [-0.05, 0) is 49.7 Å². The number of hydrogen-bond acceptors (Lipinski definition) is 6. The number of ketones is 3. The molecule has 4 aromatic carbocycles. The van der Waals surface area contributed by atoms with Gasteiger partial charge in [-0.2, -0.15) is 0 Å². The number of hydrogen-bond donors (Lipinski definition) is 0. The lowest BCUT2D eigenvalue weighted by molar-refractivity contribution is 0.0664. The number of nitrogens with zero attached hydrogens (tertiary/aromatic N) is 1. The highest BCUT2D eigenvalue weighted by atomic mass is 16.5. The maximum absolute atomic E-state index is 14.9. The Kier molecular flexibility index (Phi) is 6.31. The van der Waals surface area contributed by atoms with Crippen molar-refractivity contribution in [2.75, 3.05) is 18.6 Å². The zero-order valence-electron chi connectivity index (χ0n) is 24.2. The van der Waals surface area contributed by atoms with Crippen molar-refractivity contribution in [2.45, 2.75) is 31.8 Å². The molecule has 0 bridgehead atoms. The maximum atomic E-state index is 14.9. The Morgan fingerprint density at radius 2 is 1.60 bits per heavy atom. The SMILES string of the molecule is CCOc1ccccc1[C@@H]1[C@H](C(=O)c2cccc(OC)c2)N2c3ccc(C)cc3C=C[C@@H]2C12C(=O)c1ccccc1C2=O. The highest BCUT2D eigenvalue weighted by Crippen LogP contribution is 2.62. The smallest absolute Gasteiger partial charge is 0.186 e. The standard InChI is InChI=1S/C37H31NO5/c1-4-43-30-15-8-7-14-28(30)32-33(34(39)24-10-9-11-25(21-24)42-3)38-29-18-16-22(2)20-23(29)17-19-31(38)37(32)35(40)26-12-5-6-13-27(26)36(37)41/h5-21,31-33H,4H2,1-3H3/t31-,32-,33-/m1/s1. The Hall–Kier alpha value is -4.97. The van der Waals surface area contributed by atoms with Crippen LogP contribution in [0.15, 0.2) is 97.1 Å². The summed E-state index contributed by atoms with van der Waals surface area (Å²) in [5.41, 5.74) is 3.12. The van der Waals surface area contributed by atoms with Crippen LogP contribution in [0.1, 0.15) is 60.6 Å². The van der Waals surface area contributed by atoms with Gasteiger partial charge in [0.05, 0.1) is 19.8 Å². The first kappa shape index (κ1) is 26.9. The highest BCUT2D eigenvalue weighted by molar-refractivity contribution is 6.32. The first-order valence-electron chi connectivity index (χ1n) is 14.6. The van der Waals surface area contributed by atoms with Crippen LogP contribution in [0, 0.1) is 12.3 Å². The van der Waals surface area contributed by atoms with E-state index in [-0.39, 0.29) is 17.3 Å². The van der Waals surface area contributed by atoms with E-state index in [4.69, 9.17) is 9.47 Å². The fourth-order valence-corrected chi connectivity index (χ4v) is 7.41. The Morgan fingerprint density at radius 1 is 0.884 bits per heavy atom. The second-order valence-electron chi connectivity index (χ2n) is 11.3. The lowest BCUT2D eigenvalue weighted by atomic mass is 9.64. The summed E-state index contributed by atoms with van der Waals surface area (Å²) in [6, 6.07) is 26.0. The minimum atomic E-state index is -1.59. The molecule has 0 aromatic heterocycles. The normalized spacial score (nSPS) is 21.0. The van der Waals surface area contributed by atoms with Crippen LogP contribution in [0.4, 0.5) is 5.69 Å². The number of carbonyl (C=O) groups excluding carboxylic acids is 3. The van der Waals surface area contributed by atoms with Gasteiger partial charge in [0.25, 0.3) is 0 Å². The fourth-order valence-electron chi connectivity index (χ4n) is 7.41. The first-order valence-corrected chi connectivity index (χ1v) is 14.6. The van der Waals surface area contributed by atoms with Crippen molar-refractivity contribution < 1.29 is 23.9 Å². The van der Waals surface area contributed by atoms with E-state index in [2.05, 4.69) is 6.07 Å². The number of anilines is 1. The third-order valence-electron chi connectivity index (χ3n) is 9.14. The number of benzene rings is 4. The summed E-state index contributed by atoms with van der Waals surface area (Å²) in [5, 5.41) is 0. The topological polar surface area (TPSA) is 72.9 Å². The molecular formula is C37H31NO5. The number of fused-ring (bicyclic) bond motifs is 5. The van der Waals surface area contributed by atoms with Crippen molar-refractivity contribution in [3.05, 3.63) is 130 Å². The van der Waals surface area contributed by atoms with Gasteiger partial charge in [-0.25, -0.2) is 0 Å². The number of ether oxygens (including phenoxy) is 2. The first-order chi connectivity index (χ1) is 20.9. The van der Waals surface area contributed by atoms with Crippen molar-refractivity contribution in [3.8, 4) is 11.5 Å².